The number of benzene rings is 1. The molecule has 27 heavy (non-hydrogen) atoms. The number of nitrogens with one attached hydrogen (secondary N) is 1. The summed E-state index contributed by atoms with van der Waals surface area (Å²) < 4.78 is 25.1. The zero-order chi connectivity index (χ0) is 20.2. The SMILES string of the molecule is CC(=O)Nc1cc(C(=O)CSc2ccc(S(=O)(=O)N(C)C)cn2)ccc1O. The Kier molecular flexibility index (Phi) is 6.58. The summed E-state index contributed by atoms with van der Waals surface area (Å²) in [6, 6.07) is 7.17. The van der Waals surface area contributed by atoms with E-state index >= 15 is 0 Å². The van der Waals surface area contributed by atoms with Crippen molar-refractivity contribution in [2.75, 3.05) is 25.2 Å². The lowest BCUT2D eigenvalue weighted by Gasteiger charge is -2.11. The third-order valence-corrected chi connectivity index (χ3v) is 6.21. The van der Waals surface area contributed by atoms with Crippen LogP contribution in [-0.4, -0.2) is 54.4 Å². The number of thioether (sulfide) groups is 1. The number of ketones is 1. The number of phenols is 1. The van der Waals surface area contributed by atoms with Gasteiger partial charge in [0.1, 0.15) is 10.6 Å². The Morgan fingerprint density at radius 1 is 1.22 bits per heavy atom. The van der Waals surface area contributed by atoms with E-state index < -0.39 is 10.0 Å². The molecule has 0 unspecified atom stereocenters. The van der Waals surface area contributed by atoms with Crippen LogP contribution in [-0.2, 0) is 14.8 Å². The average molecular weight is 409 g/mol. The van der Waals surface area contributed by atoms with Crippen LogP contribution in [0.2, 0.25) is 0 Å². The second kappa shape index (κ2) is 8.51. The van der Waals surface area contributed by atoms with Crippen LogP contribution in [0.1, 0.15) is 17.3 Å². The lowest BCUT2D eigenvalue weighted by atomic mass is 10.1. The number of carbonyl (C=O) groups excluding carboxylic acids is 2. The summed E-state index contributed by atoms with van der Waals surface area (Å²) in [5.41, 5.74) is 0.491. The van der Waals surface area contributed by atoms with Crippen molar-refractivity contribution < 1.29 is 23.1 Å². The van der Waals surface area contributed by atoms with Crippen molar-refractivity contribution in [2.45, 2.75) is 16.8 Å². The molecule has 0 fully saturated rings. The third kappa shape index (κ3) is 5.28. The summed E-state index contributed by atoms with van der Waals surface area (Å²) in [4.78, 5) is 27.6. The van der Waals surface area contributed by atoms with Crippen molar-refractivity contribution in [1.82, 2.24) is 9.29 Å². The maximum atomic E-state index is 12.3. The number of anilines is 1. The largest absolute Gasteiger partial charge is 0.506 e. The predicted molar refractivity (Wildman–Crippen MR) is 103 cm³/mol. The van der Waals surface area contributed by atoms with Crippen LogP contribution >= 0.6 is 11.8 Å². The van der Waals surface area contributed by atoms with E-state index in [0.29, 0.717) is 10.6 Å². The maximum Gasteiger partial charge on any atom is 0.244 e. The van der Waals surface area contributed by atoms with Gasteiger partial charge in [0.2, 0.25) is 15.9 Å². The van der Waals surface area contributed by atoms with Gasteiger partial charge in [-0.15, -0.1) is 0 Å². The number of phenolic OH excluding ortho intramolecular Hbond substituents is 1. The Morgan fingerprint density at radius 2 is 1.93 bits per heavy atom. The molecule has 0 saturated heterocycles. The van der Waals surface area contributed by atoms with Crippen molar-refractivity contribution in [3.63, 3.8) is 0 Å². The van der Waals surface area contributed by atoms with Crippen LogP contribution in [0, 0.1) is 0 Å². The first-order valence-electron chi connectivity index (χ1n) is 7.76. The molecule has 1 aromatic heterocycles. The molecule has 0 radical (unpaired) electrons. The number of carbonyl (C=O) groups is 2. The quantitative estimate of drug-likeness (QED) is 0.408. The van der Waals surface area contributed by atoms with Gasteiger partial charge in [-0.1, -0.05) is 11.8 Å². The van der Waals surface area contributed by atoms with Crippen molar-refractivity contribution in [3.05, 3.63) is 42.1 Å². The number of hydrogen-bond acceptors (Lipinski definition) is 7. The lowest BCUT2D eigenvalue weighted by Crippen LogP contribution is -2.22. The molecule has 0 bridgehead atoms. The normalized spacial score (nSPS) is 11.4. The van der Waals surface area contributed by atoms with Gasteiger partial charge in [0.05, 0.1) is 16.5 Å². The predicted octanol–water partition coefficient (Wildman–Crippen LogP) is 1.97. The molecule has 0 aliphatic heterocycles. The second-order valence-electron chi connectivity index (χ2n) is 5.74. The van der Waals surface area contributed by atoms with E-state index in [1.807, 2.05) is 0 Å². The van der Waals surface area contributed by atoms with Crippen LogP contribution in [0.4, 0.5) is 5.69 Å². The molecular formula is C17H19N3O5S2. The number of rotatable bonds is 7. The summed E-state index contributed by atoms with van der Waals surface area (Å²) in [6.07, 6.45) is 1.25. The molecule has 2 N–H and O–H groups in total. The number of Topliss-reactive ketones (excluding diaryl/α,β-unsaturated/α-hetero) is 1. The Labute approximate surface area is 161 Å². The number of aromatic nitrogens is 1. The van der Waals surface area contributed by atoms with E-state index in [4.69, 9.17) is 0 Å². The molecule has 8 nitrogen and oxygen atoms in total. The van der Waals surface area contributed by atoms with E-state index in [-0.39, 0.29) is 33.8 Å². The molecule has 0 spiro atoms. The van der Waals surface area contributed by atoms with E-state index in [0.717, 1.165) is 16.1 Å². The second-order valence-corrected chi connectivity index (χ2v) is 8.89. The highest BCUT2D eigenvalue weighted by atomic mass is 32.2. The molecule has 0 aliphatic carbocycles. The van der Waals surface area contributed by atoms with Crippen molar-refractivity contribution in [1.29, 1.82) is 0 Å². The topological polar surface area (TPSA) is 117 Å². The van der Waals surface area contributed by atoms with Gasteiger partial charge >= 0.3 is 0 Å². The molecule has 0 saturated carbocycles. The fraction of sp³-hybridized carbons (Fsp3) is 0.235. The minimum Gasteiger partial charge on any atom is -0.506 e. The molecule has 1 aromatic carbocycles. The van der Waals surface area contributed by atoms with Gasteiger partial charge in [0.25, 0.3) is 0 Å². The molecule has 0 aliphatic rings. The van der Waals surface area contributed by atoms with Crippen LogP contribution in [0.25, 0.3) is 0 Å². The van der Waals surface area contributed by atoms with E-state index in [1.165, 1.54) is 57.5 Å². The van der Waals surface area contributed by atoms with E-state index in [2.05, 4.69) is 10.3 Å². The molecule has 0 atom stereocenters. The number of pyridine rings is 1. The smallest absolute Gasteiger partial charge is 0.244 e. The standard InChI is InChI=1S/C17H19N3O5S2/c1-11(21)19-14-8-12(4-6-15(14)22)16(23)10-26-17-7-5-13(9-18-17)27(24,25)20(2)3/h4-9,22H,10H2,1-3H3,(H,19,21). The average Bonchev–Trinajstić information content (AvgIpc) is 2.61. The monoisotopic (exact) mass is 409 g/mol. The maximum absolute atomic E-state index is 12.3. The Morgan fingerprint density at radius 3 is 2.48 bits per heavy atom. The van der Waals surface area contributed by atoms with Crippen LogP contribution in [0.5, 0.6) is 5.75 Å². The lowest BCUT2D eigenvalue weighted by molar-refractivity contribution is -0.114. The number of nitrogens with zero attached hydrogens (tertiary/aromatic N) is 2. The van der Waals surface area contributed by atoms with Gasteiger partial charge < -0.3 is 10.4 Å². The highest BCUT2D eigenvalue weighted by molar-refractivity contribution is 7.99. The third-order valence-electron chi connectivity index (χ3n) is 3.47. The van der Waals surface area contributed by atoms with Crippen molar-refractivity contribution in [3.8, 4) is 5.75 Å². The number of aromatic hydroxyl groups is 1. The van der Waals surface area contributed by atoms with Gasteiger partial charge in [-0.25, -0.2) is 17.7 Å². The van der Waals surface area contributed by atoms with Crippen molar-refractivity contribution >= 4 is 39.2 Å². The van der Waals surface area contributed by atoms with Crippen LogP contribution < -0.4 is 5.32 Å². The van der Waals surface area contributed by atoms with Gasteiger partial charge in [-0.3, -0.25) is 9.59 Å². The number of amides is 1. The van der Waals surface area contributed by atoms with Crippen LogP contribution in [0.15, 0.2) is 46.5 Å². The number of hydrogen-bond donors (Lipinski definition) is 2. The molecule has 10 heteroatoms. The zero-order valence-corrected chi connectivity index (χ0v) is 16.6. The highest BCUT2D eigenvalue weighted by Crippen LogP contribution is 2.26. The van der Waals surface area contributed by atoms with Gasteiger partial charge in [-0.05, 0) is 30.3 Å². The first-order valence-corrected chi connectivity index (χ1v) is 10.2. The fourth-order valence-corrected chi connectivity index (χ4v) is 3.62. The van der Waals surface area contributed by atoms with Gasteiger partial charge in [-0.2, -0.15) is 0 Å². The molecular weight excluding hydrogens is 390 g/mol. The summed E-state index contributed by atoms with van der Waals surface area (Å²) in [5.74, 6) is -0.648. The zero-order valence-electron chi connectivity index (χ0n) is 15.0. The van der Waals surface area contributed by atoms with E-state index in [1.54, 1.807) is 0 Å². The Balaban J connectivity index is 2.07. The van der Waals surface area contributed by atoms with Crippen molar-refractivity contribution in [2.24, 2.45) is 0 Å². The molecule has 1 heterocycles. The molecule has 1 amide bonds. The first-order chi connectivity index (χ1) is 12.6. The highest BCUT2D eigenvalue weighted by Gasteiger charge is 2.17. The molecule has 2 rings (SSSR count). The summed E-state index contributed by atoms with van der Waals surface area (Å²) in [5, 5.41) is 12.7. The minimum atomic E-state index is -3.55. The van der Waals surface area contributed by atoms with E-state index in [9.17, 15) is 23.1 Å². The summed E-state index contributed by atoms with van der Waals surface area (Å²) in [7, 11) is -0.682. The van der Waals surface area contributed by atoms with Gasteiger partial charge in [0.15, 0.2) is 5.78 Å². The molecule has 2 aromatic rings. The van der Waals surface area contributed by atoms with Crippen LogP contribution in [0.3, 0.4) is 0 Å². The first kappa shape index (κ1) is 20.9. The minimum absolute atomic E-state index is 0.0665. The summed E-state index contributed by atoms with van der Waals surface area (Å²) >= 11 is 1.16. The molecule has 144 valence electrons. The Bertz CT molecular complexity index is 957. The van der Waals surface area contributed by atoms with Gasteiger partial charge in [0, 0.05) is 32.8 Å². The summed E-state index contributed by atoms with van der Waals surface area (Å²) in [6.45, 7) is 1.30. The number of sulfonamides is 1. The Hall–Kier alpha value is -2.43. The fourth-order valence-electron chi connectivity index (χ4n) is 2.04.